The highest BCUT2D eigenvalue weighted by atomic mass is 15.1. The Morgan fingerprint density at radius 1 is 1.55 bits per heavy atom. The molecule has 0 saturated heterocycles. The van der Waals surface area contributed by atoms with E-state index in [9.17, 15) is 0 Å². The van der Waals surface area contributed by atoms with Gasteiger partial charge in [-0.05, 0) is 17.9 Å². The van der Waals surface area contributed by atoms with Crippen LogP contribution in [0.2, 0.25) is 0 Å². The highest BCUT2D eigenvalue weighted by Gasteiger charge is 2.06. The van der Waals surface area contributed by atoms with Crippen LogP contribution >= 0.6 is 0 Å². The lowest BCUT2D eigenvalue weighted by atomic mass is 10.0. The van der Waals surface area contributed by atoms with Crippen molar-refractivity contribution in [1.82, 2.24) is 10.2 Å². The second-order valence-electron chi connectivity index (χ2n) is 3.21. The maximum absolute atomic E-state index is 4.04. The zero-order valence-corrected chi connectivity index (χ0v) is 7.52. The Bertz CT molecular complexity index is 213. The van der Waals surface area contributed by atoms with Gasteiger partial charge in [-0.15, -0.1) is 0 Å². The number of hydrogen-bond donors (Lipinski definition) is 1. The van der Waals surface area contributed by atoms with Crippen LogP contribution in [-0.2, 0) is 6.42 Å². The maximum Gasteiger partial charge on any atom is 0.0524 e. The first kappa shape index (κ1) is 8.31. The third kappa shape index (κ3) is 1.82. The van der Waals surface area contributed by atoms with Crippen LogP contribution in [0.3, 0.4) is 0 Å². The molecule has 0 aliphatic heterocycles. The monoisotopic (exact) mass is 152 g/mol. The highest BCUT2D eigenvalue weighted by Crippen LogP contribution is 2.17. The Hall–Kier alpha value is -0.790. The van der Waals surface area contributed by atoms with Crippen LogP contribution in [0.5, 0.6) is 0 Å². The molecule has 0 bridgehead atoms. The van der Waals surface area contributed by atoms with Crippen molar-refractivity contribution in [1.29, 1.82) is 0 Å². The van der Waals surface area contributed by atoms with E-state index < -0.39 is 0 Å². The first-order valence-electron chi connectivity index (χ1n) is 4.27. The summed E-state index contributed by atoms with van der Waals surface area (Å²) in [6, 6.07) is 0. The topological polar surface area (TPSA) is 28.7 Å². The van der Waals surface area contributed by atoms with Crippen LogP contribution in [0.25, 0.3) is 0 Å². The first-order valence-corrected chi connectivity index (χ1v) is 4.27. The SMILES string of the molecule is CCCc1[nH]ncc1C(C)C. The van der Waals surface area contributed by atoms with E-state index in [1.165, 1.54) is 17.7 Å². The van der Waals surface area contributed by atoms with Gasteiger partial charge in [0, 0.05) is 5.69 Å². The molecule has 0 aromatic carbocycles. The molecule has 1 heterocycles. The molecule has 1 aromatic heterocycles. The minimum Gasteiger partial charge on any atom is -0.282 e. The molecule has 62 valence electrons. The number of aromatic amines is 1. The van der Waals surface area contributed by atoms with E-state index in [0.29, 0.717) is 5.92 Å². The van der Waals surface area contributed by atoms with Crippen molar-refractivity contribution in [3.8, 4) is 0 Å². The van der Waals surface area contributed by atoms with Crippen molar-refractivity contribution < 1.29 is 0 Å². The second-order valence-corrected chi connectivity index (χ2v) is 3.21. The molecule has 1 aromatic rings. The predicted octanol–water partition coefficient (Wildman–Crippen LogP) is 2.49. The van der Waals surface area contributed by atoms with E-state index in [2.05, 4.69) is 31.0 Å². The average molecular weight is 152 g/mol. The summed E-state index contributed by atoms with van der Waals surface area (Å²) in [6.07, 6.45) is 4.24. The molecular formula is C9H16N2. The summed E-state index contributed by atoms with van der Waals surface area (Å²) < 4.78 is 0. The summed E-state index contributed by atoms with van der Waals surface area (Å²) in [5.74, 6) is 0.593. The van der Waals surface area contributed by atoms with Gasteiger partial charge >= 0.3 is 0 Å². The van der Waals surface area contributed by atoms with Gasteiger partial charge in [-0.25, -0.2) is 0 Å². The molecule has 0 amide bonds. The number of nitrogens with one attached hydrogen (secondary N) is 1. The van der Waals surface area contributed by atoms with Gasteiger partial charge in [0.05, 0.1) is 6.20 Å². The Balaban J connectivity index is 2.78. The van der Waals surface area contributed by atoms with E-state index in [1.807, 2.05) is 6.20 Å². The number of aryl methyl sites for hydroxylation is 1. The zero-order valence-electron chi connectivity index (χ0n) is 7.52. The quantitative estimate of drug-likeness (QED) is 0.708. The lowest BCUT2D eigenvalue weighted by Crippen LogP contribution is -1.92. The van der Waals surface area contributed by atoms with Crippen LogP contribution in [0.15, 0.2) is 6.20 Å². The predicted molar refractivity (Wildman–Crippen MR) is 46.7 cm³/mol. The molecule has 0 radical (unpaired) electrons. The number of H-pyrrole nitrogens is 1. The van der Waals surface area contributed by atoms with Crippen molar-refractivity contribution in [3.05, 3.63) is 17.5 Å². The minimum absolute atomic E-state index is 0.593. The van der Waals surface area contributed by atoms with Crippen molar-refractivity contribution in [2.45, 2.75) is 39.5 Å². The molecule has 0 unspecified atom stereocenters. The Morgan fingerprint density at radius 2 is 2.27 bits per heavy atom. The standard InChI is InChI=1S/C9H16N2/c1-4-5-9-8(7(2)3)6-10-11-9/h6-7H,4-5H2,1-3H3,(H,10,11). The molecule has 11 heavy (non-hydrogen) atoms. The lowest BCUT2D eigenvalue weighted by Gasteiger charge is -2.03. The van der Waals surface area contributed by atoms with Gasteiger partial charge in [-0.1, -0.05) is 27.2 Å². The van der Waals surface area contributed by atoms with Crippen molar-refractivity contribution in [2.24, 2.45) is 0 Å². The summed E-state index contributed by atoms with van der Waals surface area (Å²) in [4.78, 5) is 0. The highest BCUT2D eigenvalue weighted by molar-refractivity contribution is 5.19. The molecule has 0 aliphatic rings. The Labute approximate surface area is 68.0 Å². The fraction of sp³-hybridized carbons (Fsp3) is 0.667. The number of nitrogens with zero attached hydrogens (tertiary/aromatic N) is 1. The van der Waals surface area contributed by atoms with Crippen molar-refractivity contribution in [3.63, 3.8) is 0 Å². The summed E-state index contributed by atoms with van der Waals surface area (Å²) in [5, 5.41) is 7.08. The normalized spacial score (nSPS) is 10.9. The van der Waals surface area contributed by atoms with Gasteiger partial charge in [0.1, 0.15) is 0 Å². The molecule has 0 spiro atoms. The average Bonchev–Trinajstić information content (AvgIpc) is 2.36. The van der Waals surface area contributed by atoms with E-state index in [0.717, 1.165) is 6.42 Å². The summed E-state index contributed by atoms with van der Waals surface area (Å²) in [7, 11) is 0. The van der Waals surface area contributed by atoms with E-state index in [-0.39, 0.29) is 0 Å². The third-order valence-electron chi connectivity index (χ3n) is 1.87. The van der Waals surface area contributed by atoms with E-state index >= 15 is 0 Å². The number of rotatable bonds is 3. The Morgan fingerprint density at radius 3 is 2.82 bits per heavy atom. The van der Waals surface area contributed by atoms with Gasteiger partial charge < -0.3 is 0 Å². The van der Waals surface area contributed by atoms with Gasteiger partial charge in [-0.2, -0.15) is 5.10 Å². The van der Waals surface area contributed by atoms with E-state index in [1.54, 1.807) is 0 Å². The Kier molecular flexibility index (Phi) is 2.69. The largest absolute Gasteiger partial charge is 0.282 e. The zero-order chi connectivity index (χ0) is 8.27. The van der Waals surface area contributed by atoms with Gasteiger partial charge in [0.15, 0.2) is 0 Å². The summed E-state index contributed by atoms with van der Waals surface area (Å²) in [6.45, 7) is 6.58. The lowest BCUT2D eigenvalue weighted by molar-refractivity contribution is 0.807. The maximum atomic E-state index is 4.04. The van der Waals surface area contributed by atoms with Crippen LogP contribution in [0.4, 0.5) is 0 Å². The molecule has 2 heteroatoms. The molecule has 2 nitrogen and oxygen atoms in total. The molecule has 0 aliphatic carbocycles. The van der Waals surface area contributed by atoms with Crippen LogP contribution in [0.1, 0.15) is 44.4 Å². The fourth-order valence-corrected chi connectivity index (χ4v) is 1.27. The molecule has 1 N–H and O–H groups in total. The number of hydrogen-bond acceptors (Lipinski definition) is 1. The van der Waals surface area contributed by atoms with Crippen LogP contribution in [-0.4, -0.2) is 10.2 Å². The fourth-order valence-electron chi connectivity index (χ4n) is 1.27. The van der Waals surface area contributed by atoms with Crippen LogP contribution < -0.4 is 0 Å². The van der Waals surface area contributed by atoms with Gasteiger partial charge in [0.2, 0.25) is 0 Å². The molecule has 1 rings (SSSR count). The molecular weight excluding hydrogens is 136 g/mol. The first-order chi connectivity index (χ1) is 5.25. The van der Waals surface area contributed by atoms with Crippen molar-refractivity contribution >= 4 is 0 Å². The van der Waals surface area contributed by atoms with Crippen molar-refractivity contribution in [2.75, 3.05) is 0 Å². The molecule has 0 fully saturated rings. The number of aromatic nitrogens is 2. The smallest absolute Gasteiger partial charge is 0.0524 e. The second kappa shape index (κ2) is 3.56. The molecule has 0 atom stereocenters. The van der Waals surface area contributed by atoms with Gasteiger partial charge in [-0.3, -0.25) is 5.10 Å². The van der Waals surface area contributed by atoms with Crippen LogP contribution in [0, 0.1) is 0 Å². The third-order valence-corrected chi connectivity index (χ3v) is 1.87. The van der Waals surface area contributed by atoms with E-state index in [4.69, 9.17) is 0 Å². The summed E-state index contributed by atoms with van der Waals surface area (Å²) >= 11 is 0. The minimum atomic E-state index is 0.593. The van der Waals surface area contributed by atoms with Gasteiger partial charge in [0.25, 0.3) is 0 Å². The summed E-state index contributed by atoms with van der Waals surface area (Å²) in [5.41, 5.74) is 2.68. The molecule has 0 saturated carbocycles.